The maximum Gasteiger partial charge on any atom is 0.347 e. The van der Waals surface area contributed by atoms with Crippen LogP contribution in [0.4, 0.5) is 5.82 Å². The first-order chi connectivity index (χ1) is 8.13. The van der Waals surface area contributed by atoms with Crippen molar-refractivity contribution in [1.29, 1.82) is 0 Å². The van der Waals surface area contributed by atoms with Gasteiger partial charge < -0.3 is 10.7 Å². The smallest absolute Gasteiger partial charge is 0.347 e. The van der Waals surface area contributed by atoms with Crippen LogP contribution in [0.25, 0.3) is 21.7 Å². The van der Waals surface area contributed by atoms with Crippen molar-refractivity contribution in [3.05, 3.63) is 46.4 Å². The number of benzene rings is 2. The zero-order valence-corrected chi connectivity index (χ0v) is 9.32. The molecule has 84 valence electrons. The highest BCUT2D eigenvalue weighted by Crippen LogP contribution is 2.24. The molecule has 4 heteroatoms. The van der Waals surface area contributed by atoms with Gasteiger partial charge in [0.05, 0.1) is 5.52 Å². The zero-order valence-electron chi connectivity index (χ0n) is 9.32. The number of nitrogens with zero attached hydrogens (tertiary/aromatic N) is 1. The summed E-state index contributed by atoms with van der Waals surface area (Å²) in [5.74, 6) is 0.271. The Bertz CT molecular complexity index is 790. The summed E-state index contributed by atoms with van der Waals surface area (Å²) < 4.78 is 0. The van der Waals surface area contributed by atoms with E-state index in [0.29, 0.717) is 0 Å². The third-order valence-corrected chi connectivity index (χ3v) is 2.87. The summed E-state index contributed by atoms with van der Waals surface area (Å²) in [4.78, 5) is 17.6. The van der Waals surface area contributed by atoms with Gasteiger partial charge in [-0.2, -0.15) is 4.98 Å². The maximum absolute atomic E-state index is 11.2. The van der Waals surface area contributed by atoms with Crippen molar-refractivity contribution in [2.45, 2.75) is 6.92 Å². The van der Waals surface area contributed by atoms with E-state index in [4.69, 9.17) is 5.73 Å². The molecule has 0 aliphatic rings. The lowest BCUT2D eigenvalue weighted by Crippen LogP contribution is -2.12. The number of fused-ring (bicyclic) bond motifs is 2. The Kier molecular flexibility index (Phi) is 1.92. The van der Waals surface area contributed by atoms with Crippen molar-refractivity contribution >= 4 is 27.5 Å². The van der Waals surface area contributed by atoms with Crippen molar-refractivity contribution in [2.75, 3.05) is 5.73 Å². The van der Waals surface area contributed by atoms with E-state index in [-0.39, 0.29) is 5.82 Å². The fourth-order valence-corrected chi connectivity index (χ4v) is 2.05. The number of aromatic amines is 1. The van der Waals surface area contributed by atoms with Gasteiger partial charge in [-0.15, -0.1) is 0 Å². The molecule has 17 heavy (non-hydrogen) atoms. The van der Waals surface area contributed by atoms with Crippen LogP contribution in [0.15, 0.2) is 35.1 Å². The SMILES string of the molecule is Cc1ccc2cc3[nH]c(=O)nc(N)c3cc2c1. The van der Waals surface area contributed by atoms with Gasteiger partial charge >= 0.3 is 5.69 Å². The second-order valence-corrected chi connectivity index (χ2v) is 4.18. The van der Waals surface area contributed by atoms with Gasteiger partial charge in [0.25, 0.3) is 0 Å². The second-order valence-electron chi connectivity index (χ2n) is 4.18. The van der Waals surface area contributed by atoms with Crippen molar-refractivity contribution in [1.82, 2.24) is 9.97 Å². The number of anilines is 1. The summed E-state index contributed by atoms with van der Waals surface area (Å²) in [7, 11) is 0. The lowest BCUT2D eigenvalue weighted by molar-refractivity contribution is 1.13. The van der Waals surface area contributed by atoms with Gasteiger partial charge in [-0.1, -0.05) is 23.8 Å². The molecular weight excluding hydrogens is 214 g/mol. The van der Waals surface area contributed by atoms with Crippen molar-refractivity contribution in [3.63, 3.8) is 0 Å². The molecule has 3 N–H and O–H groups in total. The summed E-state index contributed by atoms with van der Waals surface area (Å²) in [6.45, 7) is 2.04. The Morgan fingerprint density at radius 1 is 1.18 bits per heavy atom. The predicted octanol–water partition coefficient (Wildman–Crippen LogP) is 1.97. The highest BCUT2D eigenvalue weighted by Gasteiger charge is 2.04. The quantitative estimate of drug-likeness (QED) is 0.574. The first kappa shape index (κ1) is 9.84. The zero-order chi connectivity index (χ0) is 12.0. The van der Waals surface area contributed by atoms with E-state index in [1.807, 2.05) is 31.2 Å². The summed E-state index contributed by atoms with van der Waals surface area (Å²) >= 11 is 0. The monoisotopic (exact) mass is 225 g/mol. The summed E-state index contributed by atoms with van der Waals surface area (Å²) in [5.41, 5.74) is 7.25. The van der Waals surface area contributed by atoms with Crippen LogP contribution in [0.2, 0.25) is 0 Å². The van der Waals surface area contributed by atoms with E-state index in [9.17, 15) is 4.79 Å². The van der Waals surface area contributed by atoms with E-state index < -0.39 is 5.69 Å². The molecule has 0 radical (unpaired) electrons. The molecule has 1 aromatic heterocycles. The fourth-order valence-electron chi connectivity index (χ4n) is 2.05. The van der Waals surface area contributed by atoms with E-state index in [0.717, 1.165) is 21.7 Å². The van der Waals surface area contributed by atoms with Gasteiger partial charge in [0.15, 0.2) is 0 Å². The van der Waals surface area contributed by atoms with Crippen LogP contribution in [0.3, 0.4) is 0 Å². The molecule has 3 aromatic rings. The number of hydrogen-bond acceptors (Lipinski definition) is 3. The van der Waals surface area contributed by atoms with Crippen LogP contribution in [0, 0.1) is 6.92 Å². The molecule has 0 fully saturated rings. The number of rotatable bonds is 0. The molecule has 0 saturated carbocycles. The number of nitrogens with two attached hydrogens (primary N) is 1. The number of H-pyrrole nitrogens is 1. The van der Waals surface area contributed by atoms with Crippen molar-refractivity contribution in [3.8, 4) is 0 Å². The third-order valence-electron chi connectivity index (χ3n) is 2.87. The average molecular weight is 225 g/mol. The average Bonchev–Trinajstić information content (AvgIpc) is 2.27. The highest BCUT2D eigenvalue weighted by atomic mass is 16.1. The summed E-state index contributed by atoms with van der Waals surface area (Å²) in [5, 5.41) is 2.95. The summed E-state index contributed by atoms with van der Waals surface area (Å²) in [6.07, 6.45) is 0. The molecule has 0 spiro atoms. The normalized spacial score (nSPS) is 11.1. The molecular formula is C13H11N3O. The first-order valence-electron chi connectivity index (χ1n) is 5.33. The number of nitrogen functional groups attached to an aromatic ring is 1. The topological polar surface area (TPSA) is 71.8 Å². The van der Waals surface area contributed by atoms with Gasteiger partial charge in [-0.3, -0.25) is 0 Å². The van der Waals surface area contributed by atoms with Crippen molar-refractivity contribution < 1.29 is 0 Å². The number of nitrogens with one attached hydrogen (secondary N) is 1. The molecule has 0 atom stereocenters. The molecule has 0 aliphatic carbocycles. The largest absolute Gasteiger partial charge is 0.383 e. The second kappa shape index (κ2) is 3.31. The van der Waals surface area contributed by atoms with Gasteiger partial charge in [0.1, 0.15) is 5.82 Å². The fraction of sp³-hybridized carbons (Fsp3) is 0.0769. The summed E-state index contributed by atoms with van der Waals surface area (Å²) in [6, 6.07) is 10.0. The maximum atomic E-state index is 11.2. The first-order valence-corrected chi connectivity index (χ1v) is 5.33. The van der Waals surface area contributed by atoms with Crippen LogP contribution in [0.5, 0.6) is 0 Å². The molecule has 4 nitrogen and oxygen atoms in total. The minimum atomic E-state index is -0.415. The van der Waals surface area contributed by atoms with Crippen LogP contribution in [0.1, 0.15) is 5.56 Å². The number of aryl methyl sites for hydroxylation is 1. The van der Waals surface area contributed by atoms with Gasteiger partial charge in [-0.05, 0) is 29.8 Å². The van der Waals surface area contributed by atoms with Crippen molar-refractivity contribution in [2.24, 2.45) is 0 Å². The molecule has 0 bridgehead atoms. The van der Waals surface area contributed by atoms with Gasteiger partial charge in [-0.25, -0.2) is 4.79 Å². The molecule has 2 aromatic carbocycles. The Labute approximate surface area is 97.1 Å². The molecule has 0 amide bonds. The van der Waals surface area contributed by atoms with E-state index >= 15 is 0 Å². The highest BCUT2D eigenvalue weighted by molar-refractivity contribution is 6.00. The Hall–Kier alpha value is -2.36. The molecule has 0 saturated heterocycles. The lowest BCUT2D eigenvalue weighted by atomic mass is 10.1. The molecule has 3 rings (SSSR count). The van der Waals surface area contributed by atoms with E-state index in [1.54, 1.807) is 0 Å². The lowest BCUT2D eigenvalue weighted by Gasteiger charge is -2.04. The minimum absolute atomic E-state index is 0.271. The Morgan fingerprint density at radius 3 is 2.82 bits per heavy atom. The Morgan fingerprint density at radius 2 is 2.00 bits per heavy atom. The number of hydrogen-bond donors (Lipinski definition) is 2. The van der Waals surface area contributed by atoms with E-state index in [1.165, 1.54) is 5.56 Å². The van der Waals surface area contributed by atoms with E-state index in [2.05, 4.69) is 16.0 Å². The van der Waals surface area contributed by atoms with Crippen LogP contribution in [-0.2, 0) is 0 Å². The molecule has 1 heterocycles. The van der Waals surface area contributed by atoms with Crippen LogP contribution < -0.4 is 11.4 Å². The predicted molar refractivity (Wildman–Crippen MR) is 69.0 cm³/mol. The number of aromatic nitrogens is 2. The molecule has 0 aliphatic heterocycles. The standard InChI is InChI=1S/C13H11N3O/c1-7-2-3-8-6-11-10(5-9(8)4-7)12(14)16-13(17)15-11/h2-6H,1H3,(H3,14,15,16,17). The van der Waals surface area contributed by atoms with Gasteiger partial charge in [0.2, 0.25) is 0 Å². The Balaban J connectivity index is 2.52. The minimum Gasteiger partial charge on any atom is -0.383 e. The molecule has 0 unspecified atom stereocenters. The van der Waals surface area contributed by atoms with Gasteiger partial charge in [0, 0.05) is 5.39 Å². The van der Waals surface area contributed by atoms with Crippen LogP contribution >= 0.6 is 0 Å². The third kappa shape index (κ3) is 1.54. The van der Waals surface area contributed by atoms with Crippen LogP contribution in [-0.4, -0.2) is 9.97 Å².